The standard InChI is InChI=1S/C77H52.CH4/c1-49-29-37-57(38-30-49)76(58-39-31-50(2)32-40-58)68-26-14-10-24-62(68)64-42-34-52(46-72(64)76)54-36-44-66-65-43-35-53(47-73(65)77(74(66)48-54)69-27-15-11-21-59(69)60-22-12-16-28-70(60)77)51-33-41-63-61-23-9-13-25-67(61)75(71(63)45-51,55-17-5-3-6-18-55)56-19-7-4-8-20-56;/h3-48H,1-2H3;1H4. The molecule has 12 aromatic rings. The van der Waals surface area contributed by atoms with E-state index in [1.54, 1.807) is 0 Å². The summed E-state index contributed by atoms with van der Waals surface area (Å²) in [6.07, 6.45) is 0. The van der Waals surface area contributed by atoms with E-state index < -0.39 is 16.2 Å². The first-order chi connectivity index (χ1) is 38.0. The van der Waals surface area contributed by atoms with Gasteiger partial charge < -0.3 is 0 Å². The fraction of sp³-hybridized carbons (Fsp3) is 0.0769. The first-order valence-corrected chi connectivity index (χ1v) is 27.2. The van der Waals surface area contributed by atoms with Gasteiger partial charge in [-0.1, -0.05) is 273 Å². The second-order valence-corrected chi connectivity index (χ2v) is 21.9. The lowest BCUT2D eigenvalue weighted by Gasteiger charge is -2.34. The molecule has 0 saturated heterocycles. The highest BCUT2D eigenvalue weighted by molar-refractivity contribution is 5.98. The third-order valence-electron chi connectivity index (χ3n) is 18.2. The SMILES string of the molecule is C.Cc1ccc(C2(c3ccc(C)cc3)c3ccccc3-c3ccc(-c4ccc5c(c4)C4(c6ccccc6-c6ccccc64)c4cc(-c6ccc7c(c6)C(c6ccccc6)(c6ccccc6)c6ccccc6-7)ccc4-5)cc32)cc1. The van der Waals surface area contributed by atoms with Crippen LogP contribution < -0.4 is 0 Å². The van der Waals surface area contributed by atoms with E-state index in [9.17, 15) is 0 Å². The van der Waals surface area contributed by atoms with E-state index in [0.29, 0.717) is 0 Å². The molecule has 0 saturated carbocycles. The number of hydrogen-bond donors (Lipinski definition) is 0. The van der Waals surface area contributed by atoms with Gasteiger partial charge in [0.05, 0.1) is 16.2 Å². The average Bonchev–Trinajstić information content (AvgIpc) is 2.51. The molecule has 0 heteroatoms. The number of rotatable bonds is 6. The molecule has 0 atom stereocenters. The van der Waals surface area contributed by atoms with Crippen LogP contribution in [0, 0.1) is 13.8 Å². The average molecular weight is 993 g/mol. The summed E-state index contributed by atoms with van der Waals surface area (Å²) in [6.45, 7) is 4.37. The topological polar surface area (TPSA) is 0 Å². The molecule has 12 aromatic carbocycles. The van der Waals surface area contributed by atoms with Crippen LogP contribution in [0.15, 0.2) is 279 Å². The van der Waals surface area contributed by atoms with Crippen molar-refractivity contribution in [1.29, 1.82) is 0 Å². The predicted octanol–water partition coefficient (Wildman–Crippen LogP) is 19.3. The first-order valence-electron chi connectivity index (χ1n) is 27.2. The maximum atomic E-state index is 2.55. The third-order valence-corrected chi connectivity index (χ3v) is 18.2. The quantitative estimate of drug-likeness (QED) is 0.156. The van der Waals surface area contributed by atoms with Crippen molar-refractivity contribution in [2.45, 2.75) is 37.5 Å². The molecule has 78 heavy (non-hydrogen) atoms. The van der Waals surface area contributed by atoms with E-state index in [4.69, 9.17) is 0 Å². The zero-order valence-electron chi connectivity index (χ0n) is 43.1. The molecule has 0 bridgehead atoms. The molecule has 16 rings (SSSR count). The number of aryl methyl sites for hydroxylation is 2. The molecule has 0 amide bonds. The minimum atomic E-state index is -0.546. The number of fused-ring (bicyclic) bond motifs is 16. The fourth-order valence-corrected chi connectivity index (χ4v) is 15.0. The van der Waals surface area contributed by atoms with Crippen molar-refractivity contribution in [3.63, 3.8) is 0 Å². The number of hydrogen-bond acceptors (Lipinski definition) is 0. The van der Waals surface area contributed by atoms with E-state index in [0.717, 1.165) is 0 Å². The summed E-state index contributed by atoms with van der Waals surface area (Å²) in [7, 11) is 0. The van der Waals surface area contributed by atoms with Gasteiger partial charge in [0.1, 0.15) is 0 Å². The van der Waals surface area contributed by atoms with Crippen molar-refractivity contribution in [1.82, 2.24) is 0 Å². The molecule has 1 spiro atoms. The van der Waals surface area contributed by atoms with Crippen LogP contribution in [0.25, 0.3) is 66.8 Å². The van der Waals surface area contributed by atoms with Gasteiger partial charge in [-0.2, -0.15) is 0 Å². The smallest absolute Gasteiger partial charge is 0.0725 e. The van der Waals surface area contributed by atoms with E-state index >= 15 is 0 Å². The van der Waals surface area contributed by atoms with Gasteiger partial charge in [0.15, 0.2) is 0 Å². The highest BCUT2D eigenvalue weighted by Gasteiger charge is 2.53. The molecule has 0 aromatic heterocycles. The molecular weight excluding hydrogens is 937 g/mol. The van der Waals surface area contributed by atoms with Crippen LogP contribution in [0.2, 0.25) is 0 Å². The molecule has 4 aliphatic rings. The van der Waals surface area contributed by atoms with Crippen molar-refractivity contribution < 1.29 is 0 Å². The summed E-state index contributed by atoms with van der Waals surface area (Å²) in [5.41, 5.74) is 32.0. The van der Waals surface area contributed by atoms with Crippen molar-refractivity contribution in [3.8, 4) is 66.8 Å². The van der Waals surface area contributed by atoms with Crippen molar-refractivity contribution >= 4 is 0 Å². The molecule has 0 unspecified atom stereocenters. The summed E-state index contributed by atoms with van der Waals surface area (Å²) in [5, 5.41) is 0. The lowest BCUT2D eigenvalue weighted by atomic mass is 9.67. The zero-order valence-corrected chi connectivity index (χ0v) is 43.1. The molecule has 0 N–H and O–H groups in total. The van der Waals surface area contributed by atoms with Crippen LogP contribution in [0.1, 0.15) is 85.3 Å². The lowest BCUT2D eigenvalue weighted by Crippen LogP contribution is -2.28. The molecule has 368 valence electrons. The van der Waals surface area contributed by atoms with Crippen LogP contribution in [-0.4, -0.2) is 0 Å². The van der Waals surface area contributed by atoms with Gasteiger partial charge in [0, 0.05) is 0 Å². The second kappa shape index (κ2) is 17.1. The molecule has 0 aliphatic heterocycles. The zero-order chi connectivity index (χ0) is 51.0. The van der Waals surface area contributed by atoms with Crippen molar-refractivity contribution in [2.75, 3.05) is 0 Å². The Morgan fingerprint density at radius 1 is 0.192 bits per heavy atom. The Labute approximate surface area is 458 Å². The Kier molecular flexibility index (Phi) is 10.1. The van der Waals surface area contributed by atoms with Gasteiger partial charge >= 0.3 is 0 Å². The van der Waals surface area contributed by atoms with Crippen LogP contribution >= 0.6 is 0 Å². The van der Waals surface area contributed by atoms with Crippen molar-refractivity contribution in [3.05, 3.63) is 357 Å². The van der Waals surface area contributed by atoms with E-state index in [1.807, 2.05) is 0 Å². The van der Waals surface area contributed by atoms with Gasteiger partial charge in [0.2, 0.25) is 0 Å². The second-order valence-electron chi connectivity index (χ2n) is 21.9. The van der Waals surface area contributed by atoms with Gasteiger partial charge in [-0.05, 0) is 172 Å². The maximum Gasteiger partial charge on any atom is 0.0725 e. The largest absolute Gasteiger partial charge is 0.0776 e. The van der Waals surface area contributed by atoms with Gasteiger partial charge in [-0.3, -0.25) is 0 Å². The lowest BCUT2D eigenvalue weighted by molar-refractivity contribution is 0.768. The Balaban J connectivity index is 0.00000529. The van der Waals surface area contributed by atoms with Crippen LogP contribution in [0.5, 0.6) is 0 Å². The normalized spacial score (nSPS) is 14.5. The van der Waals surface area contributed by atoms with Gasteiger partial charge in [-0.15, -0.1) is 0 Å². The summed E-state index contributed by atoms with van der Waals surface area (Å²) in [5.74, 6) is 0. The minimum Gasteiger partial charge on any atom is -0.0776 e. The van der Waals surface area contributed by atoms with Crippen LogP contribution in [-0.2, 0) is 16.2 Å². The molecule has 0 nitrogen and oxygen atoms in total. The van der Waals surface area contributed by atoms with Gasteiger partial charge in [-0.25, -0.2) is 0 Å². The van der Waals surface area contributed by atoms with Crippen molar-refractivity contribution in [2.24, 2.45) is 0 Å². The van der Waals surface area contributed by atoms with E-state index in [-0.39, 0.29) is 7.43 Å². The van der Waals surface area contributed by atoms with Crippen LogP contribution in [0.3, 0.4) is 0 Å². The highest BCUT2D eigenvalue weighted by Crippen LogP contribution is 2.65. The molecular formula is C78H56. The van der Waals surface area contributed by atoms with E-state index in [1.165, 1.54) is 145 Å². The molecule has 0 heterocycles. The maximum absolute atomic E-state index is 2.55. The Morgan fingerprint density at radius 2 is 0.423 bits per heavy atom. The Bertz CT molecular complexity index is 4250. The minimum absolute atomic E-state index is 0. The monoisotopic (exact) mass is 992 g/mol. The first kappa shape index (κ1) is 46.0. The highest BCUT2D eigenvalue weighted by atomic mass is 14.5. The summed E-state index contributed by atoms with van der Waals surface area (Å²) in [6, 6.07) is 107. The summed E-state index contributed by atoms with van der Waals surface area (Å²) in [4.78, 5) is 0. The van der Waals surface area contributed by atoms with Gasteiger partial charge in [0.25, 0.3) is 0 Å². The van der Waals surface area contributed by atoms with Crippen LogP contribution in [0.4, 0.5) is 0 Å². The summed E-state index contributed by atoms with van der Waals surface area (Å²) >= 11 is 0. The Hall–Kier alpha value is -9.36. The summed E-state index contributed by atoms with van der Waals surface area (Å²) < 4.78 is 0. The third kappa shape index (κ3) is 6.01. The Morgan fingerprint density at radius 3 is 0.731 bits per heavy atom. The number of benzene rings is 12. The molecule has 0 radical (unpaired) electrons. The predicted molar refractivity (Wildman–Crippen MR) is 324 cm³/mol. The van der Waals surface area contributed by atoms with E-state index in [2.05, 4.69) is 293 Å². The fourth-order valence-electron chi connectivity index (χ4n) is 15.0. The molecule has 0 fully saturated rings. The molecule has 4 aliphatic carbocycles.